The molecule has 0 aliphatic carbocycles. The maximum Gasteiger partial charge on any atom is 0.352 e. The van der Waals surface area contributed by atoms with E-state index in [-0.39, 0.29) is 6.54 Å². The maximum atomic E-state index is 13.3. The van der Waals surface area contributed by atoms with Crippen molar-refractivity contribution in [3.8, 4) is 5.69 Å². The SMILES string of the molecule is CC(C)c1ccc(-n2nc(C(=O)Nc3ccc(F)cc3)c(=O)n(Cc3ccccc3)c2=O)cc1. The fourth-order valence-electron chi connectivity index (χ4n) is 3.45. The van der Waals surface area contributed by atoms with Gasteiger partial charge in [-0.05, 0) is 53.4 Å². The number of hydrogen-bond acceptors (Lipinski definition) is 4. The van der Waals surface area contributed by atoms with Gasteiger partial charge in [0.1, 0.15) is 5.82 Å². The fourth-order valence-corrected chi connectivity index (χ4v) is 3.45. The standard InChI is InChI=1S/C26H23FN4O3/c1-17(2)19-8-14-22(15-9-19)31-26(34)30(16-18-6-4-3-5-7-18)25(33)23(29-31)24(32)28-21-12-10-20(27)11-13-21/h3-15,17H,16H2,1-2H3,(H,28,32). The molecule has 0 bridgehead atoms. The Balaban J connectivity index is 1.82. The summed E-state index contributed by atoms with van der Waals surface area (Å²) in [5.74, 6) is -0.964. The number of nitrogens with zero attached hydrogens (tertiary/aromatic N) is 3. The van der Waals surface area contributed by atoms with Crippen LogP contribution in [0.3, 0.4) is 0 Å². The zero-order valence-corrected chi connectivity index (χ0v) is 18.7. The Morgan fingerprint density at radius 1 is 0.941 bits per heavy atom. The molecule has 1 N–H and O–H groups in total. The van der Waals surface area contributed by atoms with E-state index in [4.69, 9.17) is 0 Å². The number of carbonyl (C=O) groups is 1. The lowest BCUT2D eigenvalue weighted by Gasteiger charge is -2.13. The van der Waals surface area contributed by atoms with Crippen molar-refractivity contribution in [2.24, 2.45) is 0 Å². The van der Waals surface area contributed by atoms with E-state index in [1.165, 1.54) is 24.3 Å². The lowest BCUT2D eigenvalue weighted by atomic mass is 10.0. The van der Waals surface area contributed by atoms with Crippen molar-refractivity contribution >= 4 is 11.6 Å². The summed E-state index contributed by atoms with van der Waals surface area (Å²) in [6, 6.07) is 21.3. The van der Waals surface area contributed by atoms with Crippen molar-refractivity contribution in [1.29, 1.82) is 0 Å². The molecular formula is C26H23FN4O3. The molecule has 0 spiro atoms. The molecule has 0 saturated carbocycles. The molecule has 0 radical (unpaired) electrons. The molecule has 0 fully saturated rings. The summed E-state index contributed by atoms with van der Waals surface area (Å²) in [7, 11) is 0. The molecule has 0 atom stereocenters. The first-order valence-electron chi connectivity index (χ1n) is 10.8. The van der Waals surface area contributed by atoms with Crippen molar-refractivity contribution in [3.05, 3.63) is 122 Å². The second kappa shape index (κ2) is 9.66. The van der Waals surface area contributed by atoms with Crippen LogP contribution in [0.25, 0.3) is 5.69 Å². The Hall–Kier alpha value is -4.33. The summed E-state index contributed by atoms with van der Waals surface area (Å²) in [5, 5.41) is 6.66. The average Bonchev–Trinajstić information content (AvgIpc) is 2.84. The molecule has 4 rings (SSSR count). The highest BCUT2D eigenvalue weighted by atomic mass is 19.1. The van der Waals surface area contributed by atoms with E-state index < -0.39 is 28.7 Å². The van der Waals surface area contributed by atoms with E-state index in [1.54, 1.807) is 36.4 Å². The Kier molecular flexibility index (Phi) is 6.49. The Morgan fingerprint density at radius 3 is 2.21 bits per heavy atom. The molecule has 4 aromatic rings. The van der Waals surface area contributed by atoms with Crippen molar-refractivity contribution in [2.45, 2.75) is 26.3 Å². The summed E-state index contributed by atoms with van der Waals surface area (Å²) in [4.78, 5) is 39.4. The van der Waals surface area contributed by atoms with Gasteiger partial charge in [-0.2, -0.15) is 9.78 Å². The number of benzene rings is 3. The quantitative estimate of drug-likeness (QED) is 0.474. The molecule has 1 amide bonds. The number of nitrogens with one attached hydrogen (secondary N) is 1. The highest BCUT2D eigenvalue weighted by molar-refractivity contribution is 6.02. The molecule has 8 heteroatoms. The molecular weight excluding hydrogens is 435 g/mol. The number of hydrogen-bond donors (Lipinski definition) is 1. The van der Waals surface area contributed by atoms with E-state index in [0.29, 0.717) is 17.3 Å². The van der Waals surface area contributed by atoms with E-state index >= 15 is 0 Å². The van der Waals surface area contributed by atoms with Gasteiger partial charge in [0.15, 0.2) is 0 Å². The largest absolute Gasteiger partial charge is 0.352 e. The molecule has 1 heterocycles. The molecule has 1 aromatic heterocycles. The third-order valence-corrected chi connectivity index (χ3v) is 5.36. The topological polar surface area (TPSA) is 86.0 Å². The van der Waals surface area contributed by atoms with Gasteiger partial charge in [0.25, 0.3) is 11.5 Å². The van der Waals surface area contributed by atoms with E-state index in [2.05, 4.69) is 24.3 Å². The number of rotatable bonds is 6. The first kappa shape index (κ1) is 22.8. The van der Waals surface area contributed by atoms with Crippen LogP contribution < -0.4 is 16.6 Å². The third-order valence-electron chi connectivity index (χ3n) is 5.36. The van der Waals surface area contributed by atoms with Crippen LogP contribution in [0, 0.1) is 5.82 Å². The third kappa shape index (κ3) is 4.85. The van der Waals surface area contributed by atoms with Crippen molar-refractivity contribution in [3.63, 3.8) is 0 Å². The number of anilines is 1. The van der Waals surface area contributed by atoms with Gasteiger partial charge in [-0.3, -0.25) is 14.2 Å². The van der Waals surface area contributed by atoms with Crippen LogP contribution in [0.4, 0.5) is 10.1 Å². The van der Waals surface area contributed by atoms with Crippen LogP contribution >= 0.6 is 0 Å². The minimum Gasteiger partial charge on any atom is -0.320 e. The molecule has 0 aliphatic heterocycles. The summed E-state index contributed by atoms with van der Waals surface area (Å²) in [6.45, 7) is 4.08. The normalized spacial score (nSPS) is 10.9. The van der Waals surface area contributed by atoms with Gasteiger partial charge in [-0.25, -0.2) is 9.18 Å². The number of amides is 1. The van der Waals surface area contributed by atoms with Gasteiger partial charge >= 0.3 is 5.69 Å². The molecule has 7 nitrogen and oxygen atoms in total. The predicted molar refractivity (Wildman–Crippen MR) is 128 cm³/mol. The van der Waals surface area contributed by atoms with Gasteiger partial charge in [-0.15, -0.1) is 0 Å². The molecule has 0 unspecified atom stereocenters. The van der Waals surface area contributed by atoms with E-state index in [9.17, 15) is 18.8 Å². The molecule has 34 heavy (non-hydrogen) atoms. The minimum absolute atomic E-state index is 0.0259. The van der Waals surface area contributed by atoms with Crippen molar-refractivity contribution < 1.29 is 9.18 Å². The average molecular weight is 458 g/mol. The lowest BCUT2D eigenvalue weighted by molar-refractivity contribution is 0.101. The van der Waals surface area contributed by atoms with Crippen LogP contribution in [0.15, 0.2) is 88.5 Å². The smallest absolute Gasteiger partial charge is 0.320 e. The minimum atomic E-state index is -0.816. The maximum absolute atomic E-state index is 13.3. The number of halogens is 1. The van der Waals surface area contributed by atoms with Gasteiger partial charge in [0.05, 0.1) is 12.2 Å². The van der Waals surface area contributed by atoms with E-state index in [1.807, 2.05) is 18.2 Å². The van der Waals surface area contributed by atoms with Crippen LogP contribution in [0.5, 0.6) is 0 Å². The summed E-state index contributed by atoms with van der Waals surface area (Å²) >= 11 is 0. The Labute approximate surface area is 195 Å². The summed E-state index contributed by atoms with van der Waals surface area (Å²) in [5.41, 5.74) is 0.581. The predicted octanol–water partition coefficient (Wildman–Crippen LogP) is 3.96. The second-order valence-corrected chi connectivity index (χ2v) is 8.13. The highest BCUT2D eigenvalue weighted by Gasteiger charge is 2.21. The first-order chi connectivity index (χ1) is 16.3. The molecule has 0 aliphatic rings. The summed E-state index contributed by atoms with van der Waals surface area (Å²) in [6.07, 6.45) is 0. The van der Waals surface area contributed by atoms with Gasteiger partial charge in [0.2, 0.25) is 5.69 Å². The van der Waals surface area contributed by atoms with Crippen LogP contribution in [-0.4, -0.2) is 20.3 Å². The van der Waals surface area contributed by atoms with Crippen molar-refractivity contribution in [2.75, 3.05) is 5.32 Å². The lowest BCUT2D eigenvalue weighted by Crippen LogP contribution is -2.45. The Morgan fingerprint density at radius 2 is 1.59 bits per heavy atom. The molecule has 3 aromatic carbocycles. The Bertz CT molecular complexity index is 1420. The zero-order chi connectivity index (χ0) is 24.2. The number of carbonyl (C=O) groups excluding carboxylic acids is 1. The van der Waals surface area contributed by atoms with Gasteiger partial charge in [0, 0.05) is 5.69 Å². The van der Waals surface area contributed by atoms with Gasteiger partial charge in [-0.1, -0.05) is 56.3 Å². The van der Waals surface area contributed by atoms with Crippen molar-refractivity contribution in [1.82, 2.24) is 14.3 Å². The fraction of sp³-hybridized carbons (Fsp3) is 0.154. The second-order valence-electron chi connectivity index (χ2n) is 8.13. The van der Waals surface area contributed by atoms with E-state index in [0.717, 1.165) is 20.4 Å². The van der Waals surface area contributed by atoms with Crippen LogP contribution in [0.2, 0.25) is 0 Å². The monoisotopic (exact) mass is 458 g/mol. The van der Waals surface area contributed by atoms with Crippen LogP contribution in [-0.2, 0) is 6.54 Å². The highest BCUT2D eigenvalue weighted by Crippen LogP contribution is 2.16. The molecule has 172 valence electrons. The first-order valence-corrected chi connectivity index (χ1v) is 10.8. The van der Waals surface area contributed by atoms with Gasteiger partial charge < -0.3 is 5.32 Å². The molecule has 0 saturated heterocycles. The number of aromatic nitrogens is 3. The van der Waals surface area contributed by atoms with Crippen LogP contribution in [0.1, 0.15) is 41.4 Å². The zero-order valence-electron chi connectivity index (χ0n) is 18.7. The summed E-state index contributed by atoms with van der Waals surface area (Å²) < 4.78 is 15.3.